The Kier molecular flexibility index (Phi) is 4.34. The Bertz CT molecular complexity index is 627. The van der Waals surface area contributed by atoms with Crippen LogP contribution in [0.1, 0.15) is 49.4 Å². The Balaban J connectivity index is 1.89. The SMILES string of the molecule is Cc1ccc(Br)c(Nc2nc(C)cn2C2CCCCC2)c1. The molecule has 1 aromatic heterocycles. The summed E-state index contributed by atoms with van der Waals surface area (Å²) in [6.07, 6.45) is 8.74. The Morgan fingerprint density at radius 3 is 2.71 bits per heavy atom. The maximum absolute atomic E-state index is 4.68. The van der Waals surface area contributed by atoms with Gasteiger partial charge in [-0.15, -0.1) is 0 Å². The molecule has 4 heteroatoms. The number of benzene rings is 1. The molecular formula is C17H22BrN3. The average Bonchev–Trinajstić information content (AvgIpc) is 2.85. The molecule has 3 nitrogen and oxygen atoms in total. The van der Waals surface area contributed by atoms with E-state index in [1.54, 1.807) is 0 Å². The van der Waals surface area contributed by atoms with Gasteiger partial charge in [0.1, 0.15) is 0 Å². The molecule has 0 aliphatic heterocycles. The normalized spacial score (nSPS) is 16.1. The molecular weight excluding hydrogens is 326 g/mol. The summed E-state index contributed by atoms with van der Waals surface area (Å²) < 4.78 is 3.41. The van der Waals surface area contributed by atoms with Gasteiger partial charge in [-0.2, -0.15) is 0 Å². The van der Waals surface area contributed by atoms with Crippen LogP contribution in [-0.4, -0.2) is 9.55 Å². The molecule has 1 aromatic carbocycles. The second kappa shape index (κ2) is 6.22. The number of hydrogen-bond acceptors (Lipinski definition) is 2. The standard InChI is InChI=1S/C17H22BrN3/c1-12-8-9-15(18)16(10-12)20-17-19-13(2)11-21(17)14-6-4-3-5-7-14/h8-11,14H,3-7H2,1-2H3,(H,19,20). The van der Waals surface area contributed by atoms with E-state index in [1.165, 1.54) is 37.7 Å². The lowest BCUT2D eigenvalue weighted by atomic mass is 9.95. The molecule has 0 saturated heterocycles. The van der Waals surface area contributed by atoms with Crippen molar-refractivity contribution < 1.29 is 0 Å². The number of hydrogen-bond donors (Lipinski definition) is 1. The molecule has 1 fully saturated rings. The van der Waals surface area contributed by atoms with Crippen molar-refractivity contribution in [3.8, 4) is 0 Å². The fourth-order valence-corrected chi connectivity index (χ4v) is 3.45. The second-order valence-corrected chi connectivity index (χ2v) is 6.87. The number of nitrogens with one attached hydrogen (secondary N) is 1. The zero-order valence-electron chi connectivity index (χ0n) is 12.7. The van der Waals surface area contributed by atoms with Crippen molar-refractivity contribution in [2.45, 2.75) is 52.0 Å². The predicted molar refractivity (Wildman–Crippen MR) is 91.2 cm³/mol. The van der Waals surface area contributed by atoms with E-state index in [9.17, 15) is 0 Å². The summed E-state index contributed by atoms with van der Waals surface area (Å²) in [5.74, 6) is 0.964. The summed E-state index contributed by atoms with van der Waals surface area (Å²) >= 11 is 3.62. The van der Waals surface area contributed by atoms with E-state index in [-0.39, 0.29) is 0 Å². The van der Waals surface area contributed by atoms with Crippen LogP contribution < -0.4 is 5.32 Å². The second-order valence-electron chi connectivity index (χ2n) is 6.01. The lowest BCUT2D eigenvalue weighted by Gasteiger charge is -2.25. The first-order chi connectivity index (χ1) is 10.1. The van der Waals surface area contributed by atoms with E-state index in [0.717, 1.165) is 21.8 Å². The van der Waals surface area contributed by atoms with Crippen LogP contribution in [-0.2, 0) is 0 Å². The third-order valence-corrected chi connectivity index (χ3v) is 4.88. The van der Waals surface area contributed by atoms with Crippen LogP contribution in [0.15, 0.2) is 28.9 Å². The minimum absolute atomic E-state index is 0.589. The first-order valence-corrected chi connectivity index (χ1v) is 8.51. The highest BCUT2D eigenvalue weighted by Gasteiger charge is 2.19. The van der Waals surface area contributed by atoms with Crippen molar-refractivity contribution in [1.29, 1.82) is 0 Å². The van der Waals surface area contributed by atoms with Gasteiger partial charge >= 0.3 is 0 Å². The number of anilines is 2. The zero-order chi connectivity index (χ0) is 14.8. The van der Waals surface area contributed by atoms with E-state index < -0.39 is 0 Å². The Morgan fingerprint density at radius 1 is 1.19 bits per heavy atom. The van der Waals surface area contributed by atoms with Gasteiger partial charge in [0.2, 0.25) is 5.95 Å². The lowest BCUT2D eigenvalue weighted by molar-refractivity contribution is 0.356. The largest absolute Gasteiger partial charge is 0.325 e. The quantitative estimate of drug-likeness (QED) is 0.792. The topological polar surface area (TPSA) is 29.9 Å². The minimum Gasteiger partial charge on any atom is -0.325 e. The molecule has 0 bridgehead atoms. The summed E-state index contributed by atoms with van der Waals surface area (Å²) in [6.45, 7) is 4.17. The van der Waals surface area contributed by atoms with Crippen LogP contribution >= 0.6 is 15.9 Å². The van der Waals surface area contributed by atoms with Crippen LogP contribution in [0.4, 0.5) is 11.6 Å². The van der Waals surface area contributed by atoms with Gasteiger partial charge in [-0.05, 0) is 60.3 Å². The minimum atomic E-state index is 0.589. The smallest absolute Gasteiger partial charge is 0.207 e. The van der Waals surface area contributed by atoms with E-state index in [4.69, 9.17) is 0 Å². The van der Waals surface area contributed by atoms with E-state index in [2.05, 4.69) is 69.0 Å². The fourth-order valence-electron chi connectivity index (χ4n) is 3.10. The van der Waals surface area contributed by atoms with E-state index >= 15 is 0 Å². The molecule has 1 aliphatic rings. The van der Waals surface area contributed by atoms with Crippen molar-refractivity contribution >= 4 is 27.6 Å². The molecule has 0 spiro atoms. The van der Waals surface area contributed by atoms with Crippen LogP contribution in [0.5, 0.6) is 0 Å². The van der Waals surface area contributed by atoms with Crippen molar-refractivity contribution in [2.24, 2.45) is 0 Å². The molecule has 1 saturated carbocycles. The van der Waals surface area contributed by atoms with Gasteiger partial charge in [0, 0.05) is 16.7 Å². The molecule has 0 radical (unpaired) electrons. The highest BCUT2D eigenvalue weighted by Crippen LogP contribution is 2.33. The summed E-state index contributed by atoms with van der Waals surface area (Å²) in [5.41, 5.74) is 3.40. The maximum Gasteiger partial charge on any atom is 0.207 e. The molecule has 1 aliphatic carbocycles. The molecule has 21 heavy (non-hydrogen) atoms. The van der Waals surface area contributed by atoms with Crippen LogP contribution in [0.2, 0.25) is 0 Å². The molecule has 0 atom stereocenters. The van der Waals surface area contributed by atoms with Gasteiger partial charge in [0.25, 0.3) is 0 Å². The Morgan fingerprint density at radius 2 is 1.95 bits per heavy atom. The number of rotatable bonds is 3. The third kappa shape index (κ3) is 3.31. The summed E-state index contributed by atoms with van der Waals surface area (Å²) in [6, 6.07) is 6.93. The first-order valence-electron chi connectivity index (χ1n) is 7.72. The van der Waals surface area contributed by atoms with Crippen molar-refractivity contribution in [2.75, 3.05) is 5.32 Å². The first kappa shape index (κ1) is 14.6. The number of aromatic nitrogens is 2. The van der Waals surface area contributed by atoms with Gasteiger partial charge in [0.15, 0.2) is 0 Å². The predicted octanol–water partition coefficient (Wildman–Crippen LogP) is 5.51. The Hall–Kier alpha value is -1.29. The zero-order valence-corrected chi connectivity index (χ0v) is 14.3. The van der Waals surface area contributed by atoms with Gasteiger partial charge in [-0.3, -0.25) is 0 Å². The summed E-state index contributed by atoms with van der Waals surface area (Å²) in [4.78, 5) is 4.68. The molecule has 2 aromatic rings. The van der Waals surface area contributed by atoms with E-state index in [0.29, 0.717) is 6.04 Å². The monoisotopic (exact) mass is 347 g/mol. The molecule has 3 rings (SSSR count). The van der Waals surface area contributed by atoms with Crippen molar-refractivity contribution in [3.63, 3.8) is 0 Å². The fraction of sp³-hybridized carbons (Fsp3) is 0.471. The number of halogens is 1. The third-order valence-electron chi connectivity index (χ3n) is 4.19. The van der Waals surface area contributed by atoms with Gasteiger partial charge < -0.3 is 9.88 Å². The molecule has 1 heterocycles. The lowest BCUT2D eigenvalue weighted by Crippen LogP contribution is -2.14. The molecule has 0 unspecified atom stereocenters. The van der Waals surface area contributed by atoms with Crippen molar-refractivity contribution in [1.82, 2.24) is 9.55 Å². The maximum atomic E-state index is 4.68. The molecule has 0 amide bonds. The van der Waals surface area contributed by atoms with Crippen LogP contribution in [0.3, 0.4) is 0 Å². The van der Waals surface area contributed by atoms with Crippen molar-refractivity contribution in [3.05, 3.63) is 40.1 Å². The highest BCUT2D eigenvalue weighted by molar-refractivity contribution is 9.10. The molecule has 112 valence electrons. The van der Waals surface area contributed by atoms with Gasteiger partial charge in [-0.25, -0.2) is 4.98 Å². The highest BCUT2D eigenvalue weighted by atomic mass is 79.9. The van der Waals surface area contributed by atoms with Crippen LogP contribution in [0, 0.1) is 13.8 Å². The Labute approximate surface area is 134 Å². The summed E-state index contributed by atoms with van der Waals surface area (Å²) in [5, 5.41) is 3.50. The van der Waals surface area contributed by atoms with Crippen LogP contribution in [0.25, 0.3) is 0 Å². The van der Waals surface area contributed by atoms with E-state index in [1.807, 2.05) is 0 Å². The number of nitrogens with zero attached hydrogens (tertiary/aromatic N) is 2. The van der Waals surface area contributed by atoms with Gasteiger partial charge in [-0.1, -0.05) is 25.3 Å². The molecule has 1 N–H and O–H groups in total. The van der Waals surface area contributed by atoms with Gasteiger partial charge in [0.05, 0.1) is 11.4 Å². The summed E-state index contributed by atoms with van der Waals surface area (Å²) in [7, 11) is 0. The average molecular weight is 348 g/mol. The number of aryl methyl sites for hydroxylation is 2. The number of imidazole rings is 1.